The van der Waals surface area contributed by atoms with Gasteiger partial charge >= 0.3 is 0 Å². The zero-order valence-electron chi connectivity index (χ0n) is 15.8. The first-order valence-electron chi connectivity index (χ1n) is 9.50. The number of hydrogen-bond donors (Lipinski definition) is 0. The van der Waals surface area contributed by atoms with Crippen LogP contribution in [-0.2, 0) is 17.8 Å². The standard InChI is InChI=1S/C21H21F3N2O3/c22-17-11-19(24)18(23)10-16(17)21(27)26-5-8-29-20-2-1-14(9-15(20)13-26)12-25-3-6-28-7-4-25/h1-2,9-11H,3-8,12-13H2. The van der Waals surface area contributed by atoms with E-state index in [4.69, 9.17) is 9.47 Å². The van der Waals surface area contributed by atoms with Gasteiger partial charge in [0.25, 0.3) is 5.91 Å². The van der Waals surface area contributed by atoms with E-state index in [1.165, 1.54) is 4.90 Å². The smallest absolute Gasteiger partial charge is 0.257 e. The SMILES string of the molecule is O=C(c1cc(F)c(F)cc1F)N1CCOc2ccc(CN3CCOCC3)cc2C1. The van der Waals surface area contributed by atoms with Crippen molar-refractivity contribution in [3.63, 3.8) is 0 Å². The third kappa shape index (κ3) is 4.38. The van der Waals surface area contributed by atoms with Crippen LogP contribution in [0.1, 0.15) is 21.5 Å². The fourth-order valence-electron chi connectivity index (χ4n) is 3.59. The third-order valence-corrected chi connectivity index (χ3v) is 5.14. The molecule has 154 valence electrons. The molecule has 4 rings (SSSR count). The van der Waals surface area contributed by atoms with E-state index >= 15 is 0 Å². The van der Waals surface area contributed by atoms with Gasteiger partial charge in [0.05, 0.1) is 25.3 Å². The quantitative estimate of drug-likeness (QED) is 0.735. The summed E-state index contributed by atoms with van der Waals surface area (Å²) in [5.41, 5.74) is 1.38. The minimum absolute atomic E-state index is 0.198. The average molecular weight is 406 g/mol. The molecule has 8 heteroatoms. The maximum absolute atomic E-state index is 14.1. The van der Waals surface area contributed by atoms with Crippen molar-refractivity contribution in [2.24, 2.45) is 0 Å². The fourth-order valence-corrected chi connectivity index (χ4v) is 3.59. The molecule has 2 aromatic rings. The molecule has 0 atom stereocenters. The van der Waals surface area contributed by atoms with E-state index in [2.05, 4.69) is 4.90 Å². The topological polar surface area (TPSA) is 42.0 Å². The van der Waals surface area contributed by atoms with Gasteiger partial charge < -0.3 is 14.4 Å². The molecule has 1 fully saturated rings. The maximum Gasteiger partial charge on any atom is 0.257 e. The second-order valence-corrected chi connectivity index (χ2v) is 7.15. The number of fused-ring (bicyclic) bond motifs is 1. The molecule has 0 unspecified atom stereocenters. The summed E-state index contributed by atoms with van der Waals surface area (Å²) in [7, 11) is 0. The molecule has 1 saturated heterocycles. The van der Waals surface area contributed by atoms with E-state index < -0.39 is 28.9 Å². The molecular weight excluding hydrogens is 385 g/mol. The van der Waals surface area contributed by atoms with Crippen molar-refractivity contribution >= 4 is 5.91 Å². The van der Waals surface area contributed by atoms with Crippen LogP contribution in [0.2, 0.25) is 0 Å². The van der Waals surface area contributed by atoms with E-state index in [-0.39, 0.29) is 19.7 Å². The van der Waals surface area contributed by atoms with Crippen molar-refractivity contribution in [2.75, 3.05) is 39.5 Å². The summed E-state index contributed by atoms with van der Waals surface area (Å²) in [6, 6.07) is 6.83. The molecule has 2 aliphatic rings. The van der Waals surface area contributed by atoms with Gasteiger partial charge in [-0.15, -0.1) is 0 Å². The highest BCUT2D eigenvalue weighted by Crippen LogP contribution is 2.26. The van der Waals surface area contributed by atoms with Crippen molar-refractivity contribution in [3.8, 4) is 5.75 Å². The lowest BCUT2D eigenvalue weighted by molar-refractivity contribution is 0.0341. The Bertz CT molecular complexity index is 916. The molecule has 0 radical (unpaired) electrons. The zero-order valence-corrected chi connectivity index (χ0v) is 15.8. The molecule has 0 N–H and O–H groups in total. The van der Waals surface area contributed by atoms with Crippen LogP contribution < -0.4 is 4.74 Å². The summed E-state index contributed by atoms with van der Waals surface area (Å²) in [6.07, 6.45) is 0. The van der Waals surface area contributed by atoms with E-state index in [0.29, 0.717) is 31.1 Å². The highest BCUT2D eigenvalue weighted by Gasteiger charge is 2.25. The Morgan fingerprint density at radius 1 is 0.931 bits per heavy atom. The summed E-state index contributed by atoms with van der Waals surface area (Å²) in [4.78, 5) is 16.4. The van der Waals surface area contributed by atoms with E-state index in [1.54, 1.807) is 0 Å². The van der Waals surface area contributed by atoms with Gasteiger partial charge in [0.1, 0.15) is 18.2 Å². The molecule has 0 aliphatic carbocycles. The molecule has 2 aliphatic heterocycles. The van der Waals surface area contributed by atoms with E-state index in [0.717, 1.165) is 30.8 Å². The Labute approximate surface area is 166 Å². The van der Waals surface area contributed by atoms with Crippen molar-refractivity contribution in [3.05, 3.63) is 64.5 Å². The Hall–Kier alpha value is -2.58. The molecular formula is C21H21F3N2O3. The van der Waals surface area contributed by atoms with Gasteiger partial charge in [-0.05, 0) is 23.8 Å². The van der Waals surface area contributed by atoms with Crippen LogP contribution >= 0.6 is 0 Å². The minimum Gasteiger partial charge on any atom is -0.491 e. The summed E-state index contributed by atoms with van der Waals surface area (Å²) in [6.45, 7) is 4.51. The number of rotatable bonds is 3. The molecule has 0 aromatic heterocycles. The number of ether oxygens (including phenoxy) is 2. The highest BCUT2D eigenvalue weighted by molar-refractivity contribution is 5.94. The normalized spacial score (nSPS) is 17.4. The first-order valence-corrected chi connectivity index (χ1v) is 9.50. The van der Waals surface area contributed by atoms with Gasteiger partial charge in [0, 0.05) is 37.8 Å². The molecule has 0 bridgehead atoms. The number of carbonyl (C=O) groups is 1. The Balaban J connectivity index is 1.54. The lowest BCUT2D eigenvalue weighted by atomic mass is 10.1. The summed E-state index contributed by atoms with van der Waals surface area (Å²) in [5, 5.41) is 0. The summed E-state index contributed by atoms with van der Waals surface area (Å²) >= 11 is 0. The van der Waals surface area contributed by atoms with Gasteiger partial charge in [0.2, 0.25) is 0 Å². The Kier molecular flexibility index (Phi) is 5.73. The van der Waals surface area contributed by atoms with E-state index in [1.807, 2.05) is 18.2 Å². The van der Waals surface area contributed by atoms with Crippen molar-refractivity contribution in [1.29, 1.82) is 0 Å². The van der Waals surface area contributed by atoms with Crippen LogP contribution in [0.15, 0.2) is 30.3 Å². The fraction of sp³-hybridized carbons (Fsp3) is 0.381. The number of halogens is 3. The molecule has 2 aromatic carbocycles. The number of morpholine rings is 1. The molecule has 1 amide bonds. The monoisotopic (exact) mass is 406 g/mol. The average Bonchev–Trinajstić information content (AvgIpc) is 2.93. The molecule has 5 nitrogen and oxygen atoms in total. The van der Waals surface area contributed by atoms with Crippen LogP contribution in [0, 0.1) is 17.5 Å². The largest absolute Gasteiger partial charge is 0.491 e. The molecule has 0 spiro atoms. The van der Waals surface area contributed by atoms with Gasteiger partial charge in [-0.1, -0.05) is 6.07 Å². The van der Waals surface area contributed by atoms with E-state index in [9.17, 15) is 18.0 Å². The number of carbonyl (C=O) groups excluding carboxylic acids is 1. The minimum atomic E-state index is -1.32. The van der Waals surface area contributed by atoms with Gasteiger partial charge in [-0.25, -0.2) is 13.2 Å². The van der Waals surface area contributed by atoms with Crippen LogP contribution in [0.3, 0.4) is 0 Å². The molecule has 0 saturated carbocycles. The second-order valence-electron chi connectivity index (χ2n) is 7.15. The van der Waals surface area contributed by atoms with Crippen molar-refractivity contribution in [1.82, 2.24) is 9.80 Å². The Morgan fingerprint density at radius 2 is 1.69 bits per heavy atom. The van der Waals surface area contributed by atoms with Crippen molar-refractivity contribution in [2.45, 2.75) is 13.1 Å². The van der Waals surface area contributed by atoms with Gasteiger partial charge in [0.15, 0.2) is 11.6 Å². The number of hydrogen-bond acceptors (Lipinski definition) is 4. The van der Waals surface area contributed by atoms with Crippen molar-refractivity contribution < 1.29 is 27.4 Å². The lowest BCUT2D eigenvalue weighted by Crippen LogP contribution is -2.35. The van der Waals surface area contributed by atoms with Gasteiger partial charge in [-0.2, -0.15) is 0 Å². The lowest BCUT2D eigenvalue weighted by Gasteiger charge is -2.27. The molecule has 2 heterocycles. The first kappa shape index (κ1) is 19.7. The molecule has 29 heavy (non-hydrogen) atoms. The summed E-state index contributed by atoms with van der Waals surface area (Å²) in [5.74, 6) is -3.70. The maximum atomic E-state index is 14.1. The third-order valence-electron chi connectivity index (χ3n) is 5.14. The van der Waals surface area contributed by atoms with Crippen LogP contribution in [0.4, 0.5) is 13.2 Å². The Morgan fingerprint density at radius 3 is 2.48 bits per heavy atom. The first-order chi connectivity index (χ1) is 14.0. The van der Waals surface area contributed by atoms with Crippen LogP contribution in [0.5, 0.6) is 5.75 Å². The van der Waals surface area contributed by atoms with Crippen LogP contribution in [0.25, 0.3) is 0 Å². The predicted molar refractivity (Wildman–Crippen MR) is 99.1 cm³/mol. The summed E-state index contributed by atoms with van der Waals surface area (Å²) < 4.78 is 51.9. The van der Waals surface area contributed by atoms with Crippen LogP contribution in [-0.4, -0.2) is 55.2 Å². The second kappa shape index (κ2) is 8.42. The number of nitrogens with zero attached hydrogens (tertiary/aromatic N) is 2. The predicted octanol–water partition coefficient (Wildman–Crippen LogP) is 2.97. The van der Waals surface area contributed by atoms with Gasteiger partial charge in [-0.3, -0.25) is 9.69 Å². The number of benzene rings is 2. The highest BCUT2D eigenvalue weighted by atomic mass is 19.2. The number of amides is 1. The zero-order chi connectivity index (χ0) is 20.4.